The van der Waals surface area contributed by atoms with Crippen LogP contribution in [-0.2, 0) is 6.42 Å². The molecule has 18 heavy (non-hydrogen) atoms. The molecule has 1 aromatic carbocycles. The summed E-state index contributed by atoms with van der Waals surface area (Å²) in [6.07, 6.45) is 2.27. The number of benzene rings is 1. The van der Waals surface area contributed by atoms with Gasteiger partial charge >= 0.3 is 0 Å². The van der Waals surface area contributed by atoms with E-state index in [1.54, 1.807) is 7.11 Å². The third kappa shape index (κ3) is 3.42. The minimum Gasteiger partial charge on any atom is -0.497 e. The van der Waals surface area contributed by atoms with E-state index < -0.39 is 0 Å². The van der Waals surface area contributed by atoms with E-state index in [9.17, 15) is 0 Å². The highest BCUT2D eigenvalue weighted by Crippen LogP contribution is 2.38. The van der Waals surface area contributed by atoms with Gasteiger partial charge in [-0.3, -0.25) is 5.32 Å². The van der Waals surface area contributed by atoms with Gasteiger partial charge in [0.2, 0.25) is 0 Å². The van der Waals surface area contributed by atoms with Crippen molar-refractivity contribution in [2.75, 3.05) is 12.9 Å². The summed E-state index contributed by atoms with van der Waals surface area (Å²) in [5.74, 6) is 2.12. The molecule has 0 spiro atoms. The second-order valence-electron chi connectivity index (χ2n) is 5.88. The van der Waals surface area contributed by atoms with E-state index in [0.717, 1.165) is 18.6 Å². The third-order valence-corrected chi connectivity index (χ3v) is 5.21. The summed E-state index contributed by atoms with van der Waals surface area (Å²) in [5.41, 5.74) is 1.64. The molecule has 1 aromatic rings. The van der Waals surface area contributed by atoms with Gasteiger partial charge in [-0.2, -0.15) is 0 Å². The average molecular weight is 265 g/mol. The smallest absolute Gasteiger partial charge is 0.118 e. The van der Waals surface area contributed by atoms with Gasteiger partial charge in [0.1, 0.15) is 5.75 Å². The fourth-order valence-electron chi connectivity index (χ4n) is 2.44. The van der Waals surface area contributed by atoms with Crippen molar-refractivity contribution in [3.63, 3.8) is 0 Å². The quantitative estimate of drug-likeness (QED) is 0.901. The first kappa shape index (κ1) is 13.8. The van der Waals surface area contributed by atoms with Gasteiger partial charge in [0.25, 0.3) is 0 Å². The van der Waals surface area contributed by atoms with Crippen LogP contribution < -0.4 is 10.1 Å². The first-order chi connectivity index (χ1) is 8.42. The molecule has 1 N–H and O–H groups in total. The second kappa shape index (κ2) is 5.14. The Hall–Kier alpha value is -0.670. The van der Waals surface area contributed by atoms with Gasteiger partial charge in [0, 0.05) is 11.3 Å². The predicted molar refractivity (Wildman–Crippen MR) is 79.4 cm³/mol. The Kier molecular flexibility index (Phi) is 3.93. The molecule has 1 fully saturated rings. The molecule has 0 bridgehead atoms. The molecule has 1 aliphatic heterocycles. The normalized spacial score (nSPS) is 26.2. The summed E-state index contributed by atoms with van der Waals surface area (Å²) in [6, 6.07) is 8.40. The molecule has 0 amide bonds. The molecule has 1 aliphatic rings. The van der Waals surface area contributed by atoms with Gasteiger partial charge in [-0.25, -0.2) is 0 Å². The van der Waals surface area contributed by atoms with Gasteiger partial charge in [-0.15, -0.1) is 11.8 Å². The van der Waals surface area contributed by atoms with E-state index >= 15 is 0 Å². The molecule has 1 atom stereocenters. The van der Waals surface area contributed by atoms with Crippen LogP contribution in [0, 0.1) is 0 Å². The van der Waals surface area contributed by atoms with Gasteiger partial charge in [0.15, 0.2) is 0 Å². The van der Waals surface area contributed by atoms with Gasteiger partial charge in [-0.1, -0.05) is 12.1 Å². The van der Waals surface area contributed by atoms with Crippen LogP contribution in [0.2, 0.25) is 0 Å². The Morgan fingerprint density at radius 1 is 1.22 bits per heavy atom. The van der Waals surface area contributed by atoms with Crippen molar-refractivity contribution >= 4 is 11.8 Å². The Bertz CT molecular complexity index is 401. The molecule has 0 aromatic heterocycles. The van der Waals surface area contributed by atoms with E-state index in [1.165, 1.54) is 11.3 Å². The van der Waals surface area contributed by atoms with Gasteiger partial charge in [0.05, 0.1) is 12.0 Å². The number of aryl methyl sites for hydroxylation is 1. The summed E-state index contributed by atoms with van der Waals surface area (Å²) in [7, 11) is 1.71. The molecule has 0 saturated carbocycles. The lowest BCUT2D eigenvalue weighted by atomic mass is 10.0. The van der Waals surface area contributed by atoms with Crippen LogP contribution in [0.25, 0.3) is 0 Å². The first-order valence-corrected chi connectivity index (χ1v) is 7.47. The molecule has 1 saturated heterocycles. The largest absolute Gasteiger partial charge is 0.497 e. The van der Waals surface area contributed by atoms with Crippen molar-refractivity contribution in [1.82, 2.24) is 5.32 Å². The Morgan fingerprint density at radius 3 is 2.39 bits per heavy atom. The predicted octanol–water partition coefficient (Wildman–Crippen LogP) is 3.46. The Labute approximate surface area is 114 Å². The van der Waals surface area contributed by atoms with Crippen LogP contribution >= 0.6 is 11.8 Å². The van der Waals surface area contributed by atoms with Crippen molar-refractivity contribution < 1.29 is 4.74 Å². The lowest BCUT2D eigenvalue weighted by Crippen LogP contribution is -2.45. The standard InChI is InChI=1S/C15H23NOS/c1-14(2)11-18-15(3,16-14)10-9-12-5-7-13(17-4)8-6-12/h5-8,16H,9-11H2,1-4H3. The molecule has 0 aliphatic carbocycles. The number of rotatable bonds is 4. The molecule has 3 heteroatoms. The molecule has 100 valence electrons. The first-order valence-electron chi connectivity index (χ1n) is 6.49. The number of hydrogen-bond donors (Lipinski definition) is 1. The van der Waals surface area contributed by atoms with Crippen LogP contribution in [0.3, 0.4) is 0 Å². The molecule has 1 unspecified atom stereocenters. The molecular weight excluding hydrogens is 242 g/mol. The fraction of sp³-hybridized carbons (Fsp3) is 0.600. The molecule has 1 heterocycles. The maximum Gasteiger partial charge on any atom is 0.118 e. The van der Waals surface area contributed by atoms with Crippen molar-refractivity contribution in [3.05, 3.63) is 29.8 Å². The zero-order chi connectivity index (χ0) is 13.2. The number of thioether (sulfide) groups is 1. The van der Waals surface area contributed by atoms with Crippen LogP contribution in [0.1, 0.15) is 32.8 Å². The Balaban J connectivity index is 1.91. The summed E-state index contributed by atoms with van der Waals surface area (Å²) in [6.45, 7) is 6.87. The highest BCUT2D eigenvalue weighted by Gasteiger charge is 2.38. The topological polar surface area (TPSA) is 21.3 Å². The number of nitrogens with one attached hydrogen (secondary N) is 1. The van der Waals surface area contributed by atoms with E-state index in [4.69, 9.17) is 4.74 Å². The number of ether oxygens (including phenoxy) is 1. The molecule has 2 nitrogen and oxygen atoms in total. The highest BCUT2D eigenvalue weighted by molar-refractivity contribution is 8.00. The Morgan fingerprint density at radius 2 is 1.89 bits per heavy atom. The van der Waals surface area contributed by atoms with Gasteiger partial charge in [-0.05, 0) is 51.3 Å². The zero-order valence-corrected chi connectivity index (χ0v) is 12.6. The average Bonchev–Trinajstić information content (AvgIpc) is 2.62. The summed E-state index contributed by atoms with van der Waals surface area (Å²) in [5, 5.41) is 3.74. The van der Waals surface area contributed by atoms with E-state index in [-0.39, 0.29) is 10.4 Å². The number of hydrogen-bond acceptors (Lipinski definition) is 3. The highest BCUT2D eigenvalue weighted by atomic mass is 32.2. The van der Waals surface area contributed by atoms with Crippen molar-refractivity contribution in [3.8, 4) is 5.75 Å². The number of methoxy groups -OCH3 is 1. The van der Waals surface area contributed by atoms with Crippen LogP contribution in [-0.4, -0.2) is 23.3 Å². The minimum absolute atomic E-state index is 0.212. The second-order valence-corrected chi connectivity index (χ2v) is 7.35. The molecule has 2 rings (SSSR count). The maximum absolute atomic E-state index is 5.18. The third-order valence-electron chi connectivity index (χ3n) is 3.40. The lowest BCUT2D eigenvalue weighted by Gasteiger charge is -2.27. The fourth-order valence-corrected chi connectivity index (χ4v) is 3.78. The van der Waals surface area contributed by atoms with E-state index in [1.807, 2.05) is 23.9 Å². The van der Waals surface area contributed by atoms with E-state index in [2.05, 4.69) is 38.2 Å². The SMILES string of the molecule is COc1ccc(CCC2(C)NC(C)(C)CS2)cc1. The van der Waals surface area contributed by atoms with E-state index in [0.29, 0.717) is 0 Å². The summed E-state index contributed by atoms with van der Waals surface area (Å²) in [4.78, 5) is 0.212. The van der Waals surface area contributed by atoms with Gasteiger partial charge < -0.3 is 4.74 Å². The zero-order valence-electron chi connectivity index (χ0n) is 11.7. The minimum atomic E-state index is 0.212. The van der Waals surface area contributed by atoms with Crippen molar-refractivity contribution in [2.45, 2.75) is 44.0 Å². The van der Waals surface area contributed by atoms with Crippen molar-refractivity contribution in [2.24, 2.45) is 0 Å². The molecular formula is C15H23NOS. The summed E-state index contributed by atoms with van der Waals surface area (Å²) >= 11 is 2.04. The maximum atomic E-state index is 5.18. The van der Waals surface area contributed by atoms with Crippen LogP contribution in [0.15, 0.2) is 24.3 Å². The van der Waals surface area contributed by atoms with Crippen molar-refractivity contribution in [1.29, 1.82) is 0 Å². The molecule has 0 radical (unpaired) electrons. The van der Waals surface area contributed by atoms with Crippen LogP contribution in [0.4, 0.5) is 0 Å². The summed E-state index contributed by atoms with van der Waals surface area (Å²) < 4.78 is 5.18. The van der Waals surface area contributed by atoms with Crippen LogP contribution in [0.5, 0.6) is 5.75 Å². The monoisotopic (exact) mass is 265 g/mol. The lowest BCUT2D eigenvalue weighted by molar-refractivity contribution is 0.367.